The van der Waals surface area contributed by atoms with Crippen molar-refractivity contribution in [1.82, 2.24) is 0 Å². The molecule has 0 aliphatic rings. The molecule has 0 fully saturated rings. The van der Waals surface area contributed by atoms with Gasteiger partial charge in [-0.1, -0.05) is 0 Å². The Kier molecular flexibility index (Phi) is 60.4. The number of carboxylic acids is 2. The number of rotatable bonds is 0. The number of carbonyl (C=O) groups is 2. The molecule has 0 aromatic rings. The predicted molar refractivity (Wildman–Crippen MR) is 30.2 cm³/mol. The van der Waals surface area contributed by atoms with Gasteiger partial charge < -0.3 is 15.7 Å². The molecule has 0 aromatic carbocycles. The third-order valence-electron chi connectivity index (χ3n) is 0. The molecule has 62 valence electrons. The second kappa shape index (κ2) is 22.5. The largest absolute Gasteiger partial charge is 0.481 e. The molecular formula is C4H10O5Y2. The summed E-state index contributed by atoms with van der Waals surface area (Å²) >= 11 is 0. The van der Waals surface area contributed by atoms with Gasteiger partial charge in [0.25, 0.3) is 11.9 Å². The first-order chi connectivity index (χ1) is 3.46. The summed E-state index contributed by atoms with van der Waals surface area (Å²) in [5.41, 5.74) is 0. The van der Waals surface area contributed by atoms with Crippen molar-refractivity contribution in [3.63, 3.8) is 0 Å². The molecule has 0 heterocycles. The van der Waals surface area contributed by atoms with E-state index in [1.54, 1.807) is 0 Å². The van der Waals surface area contributed by atoms with Gasteiger partial charge in [0.1, 0.15) is 0 Å². The van der Waals surface area contributed by atoms with Crippen LogP contribution in [0.15, 0.2) is 0 Å². The Morgan fingerprint density at radius 3 is 0.909 bits per heavy atom. The van der Waals surface area contributed by atoms with Crippen molar-refractivity contribution >= 4 is 11.9 Å². The van der Waals surface area contributed by atoms with Crippen LogP contribution in [-0.2, 0) is 75.0 Å². The molecule has 0 bridgehead atoms. The van der Waals surface area contributed by atoms with E-state index in [0.717, 1.165) is 13.8 Å². The van der Waals surface area contributed by atoms with Crippen LogP contribution in [0.4, 0.5) is 0 Å². The van der Waals surface area contributed by atoms with Crippen molar-refractivity contribution in [3.8, 4) is 0 Å². The molecule has 0 spiro atoms. The van der Waals surface area contributed by atoms with Crippen LogP contribution in [0.5, 0.6) is 0 Å². The second-order valence-electron chi connectivity index (χ2n) is 1.04. The Morgan fingerprint density at radius 2 is 0.909 bits per heavy atom. The summed E-state index contributed by atoms with van der Waals surface area (Å²) in [6.07, 6.45) is 0. The SMILES string of the molecule is CC(=O)O.CC(=O)O.O.[Y].[Y]. The minimum Gasteiger partial charge on any atom is -0.481 e. The topological polar surface area (TPSA) is 106 Å². The molecule has 0 aromatic heterocycles. The van der Waals surface area contributed by atoms with Crippen molar-refractivity contribution in [1.29, 1.82) is 0 Å². The number of hydrogen-bond donors (Lipinski definition) is 2. The van der Waals surface area contributed by atoms with Crippen molar-refractivity contribution in [2.24, 2.45) is 0 Å². The standard InChI is InChI=1S/2C2H4O2.H2O.2Y/c2*1-2(3)4;;;/h2*1H3,(H,3,4);1H2;;. The third-order valence-corrected chi connectivity index (χ3v) is 0. The Bertz CT molecular complexity index is 74.5. The zero-order valence-corrected chi connectivity index (χ0v) is 12.0. The summed E-state index contributed by atoms with van der Waals surface area (Å²) < 4.78 is 0. The maximum Gasteiger partial charge on any atom is 0.300 e. The van der Waals surface area contributed by atoms with E-state index in [-0.39, 0.29) is 70.9 Å². The molecule has 0 rings (SSSR count). The molecule has 0 atom stereocenters. The first-order valence-corrected chi connectivity index (χ1v) is 1.86. The van der Waals surface area contributed by atoms with Crippen LogP contribution in [0, 0.1) is 0 Å². The molecule has 0 saturated carbocycles. The average Bonchev–Trinajstić information content (AvgIpc) is 1.25. The van der Waals surface area contributed by atoms with Crippen LogP contribution < -0.4 is 0 Å². The van der Waals surface area contributed by atoms with Crippen LogP contribution in [-0.4, -0.2) is 27.6 Å². The van der Waals surface area contributed by atoms with E-state index in [9.17, 15) is 0 Å². The van der Waals surface area contributed by atoms with Crippen LogP contribution in [0.25, 0.3) is 0 Å². The number of aliphatic carboxylic acids is 2. The van der Waals surface area contributed by atoms with E-state index in [1.807, 2.05) is 0 Å². The molecule has 0 unspecified atom stereocenters. The Morgan fingerprint density at radius 1 is 0.909 bits per heavy atom. The van der Waals surface area contributed by atoms with Crippen LogP contribution in [0.3, 0.4) is 0 Å². The molecule has 4 N–H and O–H groups in total. The summed E-state index contributed by atoms with van der Waals surface area (Å²) in [6.45, 7) is 2.17. The van der Waals surface area contributed by atoms with Gasteiger partial charge >= 0.3 is 0 Å². The zero-order valence-electron chi connectivity index (χ0n) is 6.37. The van der Waals surface area contributed by atoms with E-state index in [4.69, 9.17) is 19.8 Å². The predicted octanol–water partition coefficient (Wildman–Crippen LogP) is -0.648. The van der Waals surface area contributed by atoms with Gasteiger partial charge in [-0.2, -0.15) is 0 Å². The molecule has 0 aliphatic heterocycles. The number of hydrogen-bond acceptors (Lipinski definition) is 2. The first kappa shape index (κ1) is 29.6. The molecule has 0 amide bonds. The van der Waals surface area contributed by atoms with E-state index in [1.165, 1.54) is 0 Å². The van der Waals surface area contributed by atoms with Crippen LogP contribution in [0.2, 0.25) is 0 Å². The minimum atomic E-state index is -0.833. The van der Waals surface area contributed by atoms with Gasteiger partial charge in [-0.05, 0) is 0 Å². The third kappa shape index (κ3) is 751. The normalized spacial score (nSPS) is 4.55. The van der Waals surface area contributed by atoms with Gasteiger partial charge in [0, 0.05) is 79.3 Å². The van der Waals surface area contributed by atoms with Gasteiger partial charge in [-0.3, -0.25) is 9.59 Å². The minimum absolute atomic E-state index is 0. The van der Waals surface area contributed by atoms with Crippen LogP contribution in [0.1, 0.15) is 13.8 Å². The fourth-order valence-corrected chi connectivity index (χ4v) is 0. The zero-order chi connectivity index (χ0) is 7.15. The summed E-state index contributed by atoms with van der Waals surface area (Å²) in [4.78, 5) is 18.0. The Hall–Kier alpha value is 1.11. The van der Waals surface area contributed by atoms with Gasteiger partial charge in [0.15, 0.2) is 0 Å². The summed E-state index contributed by atoms with van der Waals surface area (Å²) in [5, 5.41) is 14.8. The molecule has 5 nitrogen and oxygen atoms in total. The molecule has 0 saturated heterocycles. The summed E-state index contributed by atoms with van der Waals surface area (Å²) in [6, 6.07) is 0. The molecule has 11 heavy (non-hydrogen) atoms. The molecule has 2 radical (unpaired) electrons. The average molecular weight is 316 g/mol. The van der Waals surface area contributed by atoms with Gasteiger partial charge in [0.2, 0.25) is 0 Å². The summed E-state index contributed by atoms with van der Waals surface area (Å²) in [7, 11) is 0. The van der Waals surface area contributed by atoms with Crippen molar-refractivity contribution < 1.29 is 90.7 Å². The van der Waals surface area contributed by atoms with Crippen molar-refractivity contribution in [2.75, 3.05) is 0 Å². The van der Waals surface area contributed by atoms with Crippen LogP contribution >= 0.6 is 0 Å². The Labute approximate surface area is 115 Å². The van der Waals surface area contributed by atoms with Crippen molar-refractivity contribution in [2.45, 2.75) is 13.8 Å². The van der Waals surface area contributed by atoms with Crippen molar-refractivity contribution in [3.05, 3.63) is 0 Å². The van der Waals surface area contributed by atoms with Gasteiger partial charge in [-0.15, -0.1) is 0 Å². The summed E-state index contributed by atoms with van der Waals surface area (Å²) in [5.74, 6) is -1.67. The smallest absolute Gasteiger partial charge is 0.300 e. The molecule has 0 aliphatic carbocycles. The van der Waals surface area contributed by atoms with E-state index in [2.05, 4.69) is 0 Å². The number of carboxylic acid groups (broad SMARTS) is 2. The first-order valence-electron chi connectivity index (χ1n) is 1.86. The molecular weight excluding hydrogens is 306 g/mol. The van der Waals surface area contributed by atoms with Gasteiger partial charge in [-0.25, -0.2) is 0 Å². The maximum absolute atomic E-state index is 9.00. The second-order valence-corrected chi connectivity index (χ2v) is 1.04. The van der Waals surface area contributed by atoms with E-state index in [0.29, 0.717) is 0 Å². The Balaban J connectivity index is -0.0000000171. The van der Waals surface area contributed by atoms with E-state index >= 15 is 0 Å². The maximum atomic E-state index is 9.00. The fourth-order valence-electron chi connectivity index (χ4n) is 0. The van der Waals surface area contributed by atoms with Gasteiger partial charge in [0.05, 0.1) is 0 Å². The monoisotopic (exact) mass is 316 g/mol. The molecule has 7 heteroatoms. The van der Waals surface area contributed by atoms with E-state index < -0.39 is 11.9 Å². The fraction of sp³-hybridized carbons (Fsp3) is 0.500. The quantitative estimate of drug-likeness (QED) is 0.619.